The van der Waals surface area contributed by atoms with Gasteiger partial charge in [-0.15, -0.1) is 11.3 Å². The van der Waals surface area contributed by atoms with Crippen molar-refractivity contribution in [2.45, 2.75) is 46.5 Å². The Balaban J connectivity index is 2.06. The van der Waals surface area contributed by atoms with Crippen molar-refractivity contribution in [3.8, 4) is 0 Å². The van der Waals surface area contributed by atoms with Gasteiger partial charge in [-0.05, 0) is 43.0 Å². The highest BCUT2D eigenvalue weighted by Crippen LogP contribution is 2.26. The first-order valence-electron chi connectivity index (χ1n) is 9.68. The number of carbonyl (C=O) groups excluding carboxylic acids is 1. The van der Waals surface area contributed by atoms with Gasteiger partial charge in [0, 0.05) is 17.5 Å². The van der Waals surface area contributed by atoms with Gasteiger partial charge in [-0.25, -0.2) is 4.98 Å². The number of carbonyl (C=O) groups is 2. The number of nitrogens with zero attached hydrogens (tertiary/aromatic N) is 1. The first kappa shape index (κ1) is 21.8. The smallest absolute Gasteiger partial charge is 0.311 e. The van der Waals surface area contributed by atoms with Crippen molar-refractivity contribution in [3.63, 3.8) is 0 Å². The van der Waals surface area contributed by atoms with Gasteiger partial charge in [0.25, 0.3) is 5.91 Å². The Kier molecular flexibility index (Phi) is 7.93. The van der Waals surface area contributed by atoms with Crippen LogP contribution < -0.4 is 5.32 Å². The monoisotopic (exact) mass is 400 g/mol. The van der Waals surface area contributed by atoms with Crippen LogP contribution in [-0.2, 0) is 11.2 Å². The van der Waals surface area contributed by atoms with E-state index in [0.717, 1.165) is 29.1 Å². The molecule has 2 aromatic rings. The summed E-state index contributed by atoms with van der Waals surface area (Å²) >= 11 is 1.60. The minimum Gasteiger partial charge on any atom is -0.481 e. The highest BCUT2D eigenvalue weighted by molar-refractivity contribution is 7.10. The third-order valence-corrected chi connectivity index (χ3v) is 5.90. The minimum atomic E-state index is -0.922. The number of amides is 1. The van der Waals surface area contributed by atoms with Crippen LogP contribution >= 0.6 is 11.3 Å². The Morgan fingerprint density at radius 3 is 2.61 bits per heavy atom. The van der Waals surface area contributed by atoms with E-state index in [1.807, 2.05) is 38.1 Å². The van der Waals surface area contributed by atoms with Gasteiger partial charge in [-0.1, -0.05) is 45.4 Å². The maximum Gasteiger partial charge on any atom is 0.311 e. The van der Waals surface area contributed by atoms with E-state index in [-0.39, 0.29) is 12.5 Å². The average Bonchev–Trinajstić information content (AvgIpc) is 3.15. The van der Waals surface area contributed by atoms with E-state index in [1.54, 1.807) is 23.5 Å². The lowest BCUT2D eigenvalue weighted by atomic mass is 9.82. The molecule has 0 bridgehead atoms. The zero-order valence-corrected chi connectivity index (χ0v) is 17.5. The van der Waals surface area contributed by atoms with E-state index in [1.165, 1.54) is 0 Å². The number of rotatable bonds is 10. The Morgan fingerprint density at radius 2 is 1.96 bits per heavy atom. The van der Waals surface area contributed by atoms with Crippen LogP contribution in [0.1, 0.15) is 66.7 Å². The van der Waals surface area contributed by atoms with Crippen molar-refractivity contribution >= 4 is 35.4 Å². The topological polar surface area (TPSA) is 79.3 Å². The zero-order valence-electron chi connectivity index (χ0n) is 16.7. The maximum atomic E-state index is 12.5. The second-order valence-electron chi connectivity index (χ2n) is 6.86. The number of aromatic nitrogens is 1. The van der Waals surface area contributed by atoms with E-state index < -0.39 is 11.4 Å². The van der Waals surface area contributed by atoms with Crippen LogP contribution in [0.25, 0.3) is 12.2 Å². The molecule has 28 heavy (non-hydrogen) atoms. The summed E-state index contributed by atoms with van der Waals surface area (Å²) in [5, 5.41) is 15.3. The molecule has 0 spiro atoms. The summed E-state index contributed by atoms with van der Waals surface area (Å²) < 4.78 is 0. The molecule has 0 aliphatic heterocycles. The Labute approximate surface area is 170 Å². The molecule has 6 heteroatoms. The number of aryl methyl sites for hydroxylation is 1. The van der Waals surface area contributed by atoms with Crippen LogP contribution in [0.5, 0.6) is 0 Å². The number of carboxylic acids is 1. The van der Waals surface area contributed by atoms with Gasteiger partial charge >= 0.3 is 5.97 Å². The molecule has 1 heterocycles. The van der Waals surface area contributed by atoms with Crippen molar-refractivity contribution in [1.82, 2.24) is 10.3 Å². The van der Waals surface area contributed by atoms with Gasteiger partial charge in [-0.2, -0.15) is 0 Å². The zero-order chi connectivity index (χ0) is 20.6. The van der Waals surface area contributed by atoms with Crippen LogP contribution in [0, 0.1) is 5.41 Å². The standard InChI is InChI=1S/C22H28N2O3S/c1-4-8-18-14-28-19(24-18)12-11-16-9-7-10-17(13-16)20(25)23-15-22(5-2,6-3)21(26)27/h7,9-14H,4-6,8,15H2,1-3H3,(H,23,25)(H,26,27). The largest absolute Gasteiger partial charge is 0.481 e. The average molecular weight is 401 g/mol. The molecule has 0 saturated heterocycles. The predicted molar refractivity (Wildman–Crippen MR) is 114 cm³/mol. The number of hydrogen-bond donors (Lipinski definition) is 2. The summed E-state index contributed by atoms with van der Waals surface area (Å²) in [5.74, 6) is -1.14. The van der Waals surface area contributed by atoms with Gasteiger partial charge in [0.15, 0.2) is 0 Å². The lowest BCUT2D eigenvalue weighted by Crippen LogP contribution is -2.42. The molecule has 5 nitrogen and oxygen atoms in total. The summed E-state index contributed by atoms with van der Waals surface area (Å²) in [5.41, 5.74) is 1.60. The fourth-order valence-corrected chi connectivity index (χ4v) is 3.69. The quantitative estimate of drug-likeness (QED) is 0.595. The molecule has 1 aromatic heterocycles. The molecule has 0 aliphatic carbocycles. The van der Waals surface area contributed by atoms with Crippen molar-refractivity contribution in [2.24, 2.45) is 5.41 Å². The number of carboxylic acid groups (broad SMARTS) is 1. The molecule has 0 fully saturated rings. The summed E-state index contributed by atoms with van der Waals surface area (Å²) in [6.07, 6.45) is 6.87. The van der Waals surface area contributed by atoms with Gasteiger partial charge in [0.1, 0.15) is 5.01 Å². The van der Waals surface area contributed by atoms with Crippen molar-refractivity contribution in [2.75, 3.05) is 6.54 Å². The molecule has 150 valence electrons. The SMILES string of the molecule is CCCc1csc(C=Cc2cccc(C(=O)NCC(CC)(CC)C(=O)O)c2)n1. The molecule has 0 saturated carbocycles. The summed E-state index contributed by atoms with van der Waals surface area (Å²) in [7, 11) is 0. The van der Waals surface area contributed by atoms with Crippen LogP contribution in [0.15, 0.2) is 29.6 Å². The highest BCUT2D eigenvalue weighted by Gasteiger charge is 2.35. The van der Waals surface area contributed by atoms with Crippen molar-refractivity contribution < 1.29 is 14.7 Å². The third-order valence-electron chi connectivity index (χ3n) is 5.04. The van der Waals surface area contributed by atoms with E-state index in [0.29, 0.717) is 18.4 Å². The third kappa shape index (κ3) is 5.52. The van der Waals surface area contributed by atoms with Gasteiger partial charge < -0.3 is 10.4 Å². The molecule has 1 amide bonds. The molecule has 0 atom stereocenters. The molecule has 0 unspecified atom stereocenters. The van der Waals surface area contributed by atoms with Gasteiger partial charge in [0.05, 0.1) is 11.1 Å². The normalized spacial score (nSPS) is 11.7. The first-order valence-corrected chi connectivity index (χ1v) is 10.6. The molecule has 2 rings (SSSR count). The lowest BCUT2D eigenvalue weighted by molar-refractivity contribution is -0.149. The molecular formula is C22H28N2O3S. The van der Waals surface area contributed by atoms with Gasteiger partial charge in [0.2, 0.25) is 0 Å². The molecule has 0 aliphatic rings. The number of thiazole rings is 1. The number of benzene rings is 1. The van der Waals surface area contributed by atoms with E-state index in [2.05, 4.69) is 22.6 Å². The maximum absolute atomic E-state index is 12.5. The highest BCUT2D eigenvalue weighted by atomic mass is 32.1. The van der Waals surface area contributed by atoms with Crippen molar-refractivity contribution in [3.05, 3.63) is 51.5 Å². The summed E-state index contributed by atoms with van der Waals surface area (Å²) in [6.45, 7) is 5.92. The Bertz CT molecular complexity index is 838. The van der Waals surface area contributed by atoms with E-state index in [9.17, 15) is 14.7 Å². The van der Waals surface area contributed by atoms with Crippen LogP contribution in [0.2, 0.25) is 0 Å². The molecule has 1 aromatic carbocycles. The van der Waals surface area contributed by atoms with Crippen LogP contribution in [0.4, 0.5) is 0 Å². The fourth-order valence-electron chi connectivity index (χ4n) is 2.95. The number of aliphatic carboxylic acids is 1. The number of nitrogens with one attached hydrogen (secondary N) is 1. The first-order chi connectivity index (χ1) is 13.4. The van der Waals surface area contributed by atoms with Crippen molar-refractivity contribution in [1.29, 1.82) is 0 Å². The minimum absolute atomic E-state index is 0.119. The van der Waals surface area contributed by atoms with Crippen LogP contribution in [-0.4, -0.2) is 28.5 Å². The summed E-state index contributed by atoms with van der Waals surface area (Å²) in [6, 6.07) is 7.28. The van der Waals surface area contributed by atoms with Gasteiger partial charge in [-0.3, -0.25) is 9.59 Å². The second kappa shape index (κ2) is 10.2. The second-order valence-corrected chi connectivity index (χ2v) is 7.75. The molecule has 0 radical (unpaired) electrons. The van der Waals surface area contributed by atoms with E-state index in [4.69, 9.17) is 0 Å². The molecule has 2 N–H and O–H groups in total. The fraction of sp³-hybridized carbons (Fsp3) is 0.409. The Hall–Kier alpha value is -2.47. The van der Waals surface area contributed by atoms with Crippen LogP contribution in [0.3, 0.4) is 0 Å². The van der Waals surface area contributed by atoms with E-state index >= 15 is 0 Å². The number of hydrogen-bond acceptors (Lipinski definition) is 4. The lowest BCUT2D eigenvalue weighted by Gasteiger charge is -2.26. The Morgan fingerprint density at radius 1 is 1.21 bits per heavy atom. The molecular weight excluding hydrogens is 372 g/mol. The predicted octanol–water partition coefficient (Wildman–Crippen LogP) is 4.89. The summed E-state index contributed by atoms with van der Waals surface area (Å²) in [4.78, 5) is 28.7.